The number of nitrogens with one attached hydrogen (secondary N) is 2. The molecule has 0 spiro atoms. The zero-order valence-electron chi connectivity index (χ0n) is 15.3. The normalized spacial score (nSPS) is 14.6. The molecule has 0 rings (SSSR count). The van der Waals surface area contributed by atoms with E-state index in [2.05, 4.69) is 5.32 Å². The van der Waals surface area contributed by atoms with Crippen molar-refractivity contribution in [3.05, 3.63) is 0 Å². The summed E-state index contributed by atoms with van der Waals surface area (Å²) in [4.78, 5) is 35.9. The average molecular weight is 342 g/mol. The minimum absolute atomic E-state index is 0.00470. The molecule has 2 N–H and O–H groups in total. The quantitative estimate of drug-likeness (QED) is 0.416. The van der Waals surface area contributed by atoms with Crippen LogP contribution in [-0.4, -0.2) is 48.7 Å². The number of hydrogen-bond donors (Lipinski definition) is 2. The Morgan fingerprint density at radius 2 is 1.79 bits per heavy atom. The average Bonchev–Trinajstić information content (AvgIpc) is 2.54. The highest BCUT2D eigenvalue weighted by Crippen LogP contribution is 2.13. The van der Waals surface area contributed by atoms with Crippen molar-refractivity contribution in [2.75, 3.05) is 6.61 Å². The minimum atomic E-state index is -0.934. The van der Waals surface area contributed by atoms with Crippen molar-refractivity contribution >= 4 is 23.9 Å². The summed E-state index contributed by atoms with van der Waals surface area (Å²) in [6, 6.07) is -0.934. The topological polar surface area (TPSA) is 106 Å². The Labute approximate surface area is 144 Å². The van der Waals surface area contributed by atoms with E-state index in [1.807, 2.05) is 13.8 Å². The van der Waals surface area contributed by atoms with E-state index in [0.29, 0.717) is 12.8 Å². The van der Waals surface area contributed by atoms with Gasteiger partial charge in [0.1, 0.15) is 12.1 Å². The fourth-order valence-corrected chi connectivity index (χ4v) is 2.07. The summed E-state index contributed by atoms with van der Waals surface area (Å²) in [5, 5.41) is 9.56. The number of rotatable bonds is 12. The largest absolute Gasteiger partial charge is 0.461 e. The molecule has 7 heteroatoms. The molecule has 0 bridgehead atoms. The van der Waals surface area contributed by atoms with Crippen molar-refractivity contribution < 1.29 is 23.9 Å². The highest BCUT2D eigenvalue weighted by atomic mass is 16.5. The van der Waals surface area contributed by atoms with Gasteiger partial charge in [-0.15, -0.1) is 0 Å². The van der Waals surface area contributed by atoms with Crippen LogP contribution in [0.1, 0.15) is 53.9 Å². The van der Waals surface area contributed by atoms with Crippen LogP contribution < -0.4 is 5.32 Å². The molecule has 1 unspecified atom stereocenters. The van der Waals surface area contributed by atoms with Crippen LogP contribution in [0.25, 0.3) is 0 Å². The molecule has 0 aromatic rings. The highest BCUT2D eigenvalue weighted by Gasteiger charge is 2.30. The van der Waals surface area contributed by atoms with Crippen LogP contribution in [0.15, 0.2) is 0 Å². The Morgan fingerprint density at radius 3 is 2.25 bits per heavy atom. The summed E-state index contributed by atoms with van der Waals surface area (Å²) in [5.41, 5.74) is 0. The van der Waals surface area contributed by atoms with E-state index in [0.717, 1.165) is 6.42 Å². The zero-order chi connectivity index (χ0) is 18.7. The fourth-order valence-electron chi connectivity index (χ4n) is 2.07. The second-order valence-electron chi connectivity index (χ2n) is 5.96. The fraction of sp³-hybridized carbons (Fsp3) is 0.765. The zero-order valence-corrected chi connectivity index (χ0v) is 15.3. The molecule has 1 amide bonds. The van der Waals surface area contributed by atoms with E-state index < -0.39 is 23.9 Å². The molecule has 0 radical (unpaired) electrons. The molecule has 0 aliphatic heterocycles. The molecule has 138 valence electrons. The van der Waals surface area contributed by atoms with Crippen molar-refractivity contribution in [3.8, 4) is 0 Å². The third kappa shape index (κ3) is 8.19. The summed E-state index contributed by atoms with van der Waals surface area (Å²) < 4.78 is 10.6. The van der Waals surface area contributed by atoms with Gasteiger partial charge < -0.3 is 20.2 Å². The lowest BCUT2D eigenvalue weighted by Gasteiger charge is -2.25. The van der Waals surface area contributed by atoms with Crippen LogP contribution in [0, 0.1) is 11.3 Å². The van der Waals surface area contributed by atoms with Gasteiger partial charge in [0.2, 0.25) is 5.91 Å². The molecule has 7 nitrogen and oxygen atoms in total. The summed E-state index contributed by atoms with van der Waals surface area (Å²) >= 11 is 0. The molecule has 0 fully saturated rings. The first-order valence-corrected chi connectivity index (χ1v) is 8.42. The lowest BCUT2D eigenvalue weighted by Crippen LogP contribution is -2.49. The number of hydrogen-bond acceptors (Lipinski definition) is 6. The summed E-state index contributed by atoms with van der Waals surface area (Å²) in [6.45, 7) is 9.46. The molecule has 0 saturated heterocycles. The number of amides is 1. The van der Waals surface area contributed by atoms with Gasteiger partial charge in [-0.3, -0.25) is 9.59 Å². The van der Waals surface area contributed by atoms with Gasteiger partial charge in [0.15, 0.2) is 5.78 Å². The van der Waals surface area contributed by atoms with E-state index >= 15 is 0 Å². The number of ether oxygens (including phenoxy) is 2. The summed E-state index contributed by atoms with van der Waals surface area (Å²) in [5.74, 6) is -1.39. The van der Waals surface area contributed by atoms with E-state index in [9.17, 15) is 14.4 Å². The second kappa shape index (κ2) is 11.7. The molecule has 0 aromatic heterocycles. The SMILES string of the molecule is CCO[C@H](C(=O)N[C@@H](CCC(=O)C=N)C(=O)OC(C)C)C(C)CC. The second-order valence-corrected chi connectivity index (χ2v) is 5.96. The number of esters is 1. The Kier molecular flexibility index (Phi) is 10.9. The monoisotopic (exact) mass is 342 g/mol. The van der Waals surface area contributed by atoms with Crippen LogP contribution >= 0.6 is 0 Å². The van der Waals surface area contributed by atoms with Gasteiger partial charge in [0.05, 0.1) is 12.3 Å². The van der Waals surface area contributed by atoms with Gasteiger partial charge >= 0.3 is 5.97 Å². The molecular weight excluding hydrogens is 312 g/mol. The molecular formula is C17H30N2O5. The van der Waals surface area contributed by atoms with Crippen molar-refractivity contribution in [3.63, 3.8) is 0 Å². The summed E-state index contributed by atoms with van der Waals surface area (Å²) in [6.07, 6.45) is 0.551. The first kappa shape index (κ1) is 22.2. The van der Waals surface area contributed by atoms with Crippen LogP contribution in [-0.2, 0) is 23.9 Å². The maximum absolute atomic E-state index is 12.5. The third-order valence-corrected chi connectivity index (χ3v) is 3.56. The standard InChI is InChI=1S/C17H30N2O5/c1-6-12(5)15(23-7-2)16(21)19-14(9-8-13(20)10-18)17(22)24-11(3)4/h10-12,14-15,18H,6-9H2,1-5H3,(H,19,21)/t12?,14-,15-/m0/s1. The molecule has 0 saturated carbocycles. The van der Waals surface area contributed by atoms with Gasteiger partial charge in [-0.05, 0) is 33.1 Å². The third-order valence-electron chi connectivity index (χ3n) is 3.56. The first-order chi connectivity index (χ1) is 11.3. The Hall–Kier alpha value is -1.76. The number of Topliss-reactive ketones (excluding diaryl/α,β-unsaturated/α-hetero) is 1. The van der Waals surface area contributed by atoms with Gasteiger partial charge in [0.25, 0.3) is 0 Å². The van der Waals surface area contributed by atoms with Crippen LogP contribution in [0.2, 0.25) is 0 Å². The maximum atomic E-state index is 12.5. The van der Waals surface area contributed by atoms with Gasteiger partial charge in [-0.1, -0.05) is 20.3 Å². The highest BCUT2D eigenvalue weighted by molar-refractivity contribution is 6.26. The van der Waals surface area contributed by atoms with Gasteiger partial charge in [-0.2, -0.15) is 0 Å². The molecule has 0 aliphatic carbocycles. The molecule has 0 heterocycles. The smallest absolute Gasteiger partial charge is 0.328 e. The predicted octanol–water partition coefficient (Wildman–Crippen LogP) is 1.87. The van der Waals surface area contributed by atoms with E-state index in [1.54, 1.807) is 20.8 Å². The molecule has 24 heavy (non-hydrogen) atoms. The number of ketones is 1. The van der Waals surface area contributed by atoms with Crippen molar-refractivity contribution in [1.29, 1.82) is 5.41 Å². The van der Waals surface area contributed by atoms with Gasteiger partial charge in [0, 0.05) is 13.0 Å². The van der Waals surface area contributed by atoms with Crippen LogP contribution in [0.3, 0.4) is 0 Å². The van der Waals surface area contributed by atoms with Gasteiger partial charge in [-0.25, -0.2) is 4.79 Å². The number of carbonyl (C=O) groups excluding carboxylic acids is 3. The Morgan fingerprint density at radius 1 is 1.17 bits per heavy atom. The van der Waals surface area contributed by atoms with Crippen molar-refractivity contribution in [1.82, 2.24) is 5.32 Å². The van der Waals surface area contributed by atoms with E-state index in [1.165, 1.54) is 0 Å². The Bertz CT molecular complexity index is 437. The summed E-state index contributed by atoms with van der Waals surface area (Å²) in [7, 11) is 0. The van der Waals surface area contributed by atoms with Crippen molar-refractivity contribution in [2.24, 2.45) is 5.92 Å². The van der Waals surface area contributed by atoms with E-state index in [4.69, 9.17) is 14.9 Å². The van der Waals surface area contributed by atoms with Crippen molar-refractivity contribution in [2.45, 2.75) is 72.1 Å². The minimum Gasteiger partial charge on any atom is -0.461 e. The predicted molar refractivity (Wildman–Crippen MR) is 91.1 cm³/mol. The lowest BCUT2D eigenvalue weighted by molar-refractivity contribution is -0.153. The molecule has 0 aromatic carbocycles. The van der Waals surface area contributed by atoms with Crippen LogP contribution in [0.5, 0.6) is 0 Å². The number of carbonyl (C=O) groups is 3. The first-order valence-electron chi connectivity index (χ1n) is 8.42. The molecule has 0 aliphatic rings. The van der Waals surface area contributed by atoms with E-state index in [-0.39, 0.29) is 30.8 Å². The molecule has 3 atom stereocenters. The lowest BCUT2D eigenvalue weighted by atomic mass is 10.00. The maximum Gasteiger partial charge on any atom is 0.328 e. The van der Waals surface area contributed by atoms with Crippen LogP contribution in [0.4, 0.5) is 0 Å². The Balaban J connectivity index is 5.04.